The number of nitrogens with one attached hydrogen (secondary N) is 1. The number of rotatable bonds is 3. The lowest BCUT2D eigenvalue weighted by Gasteiger charge is -2.03. The summed E-state index contributed by atoms with van der Waals surface area (Å²) in [4.78, 5) is 4.42. The summed E-state index contributed by atoms with van der Waals surface area (Å²) in [5.41, 5.74) is 1.00. The molecule has 0 saturated heterocycles. The fourth-order valence-electron chi connectivity index (χ4n) is 1.30. The first-order valence-electron chi connectivity index (χ1n) is 4.59. The molecule has 0 atom stereocenters. The molecule has 2 aromatic rings. The third kappa shape index (κ3) is 2.68. The second-order valence-corrected chi connectivity index (χ2v) is 4.37. The zero-order valence-electron chi connectivity index (χ0n) is 8.31. The number of aromatic nitrogens is 3. The Kier molecular flexibility index (Phi) is 3.20. The van der Waals surface area contributed by atoms with Crippen LogP contribution in [0.1, 0.15) is 5.69 Å². The van der Waals surface area contributed by atoms with Crippen LogP contribution in [0.4, 0.5) is 5.82 Å². The average Bonchev–Trinajstić information content (AvgIpc) is 2.64. The zero-order valence-corrected chi connectivity index (χ0v) is 10.5. The van der Waals surface area contributed by atoms with E-state index in [9.17, 15) is 0 Å². The quantitative estimate of drug-likeness (QED) is 0.881. The van der Waals surface area contributed by atoms with Gasteiger partial charge in [0.2, 0.25) is 0 Å². The number of halogens is 1. The van der Waals surface area contributed by atoms with Gasteiger partial charge in [0.15, 0.2) is 0 Å². The molecule has 0 aliphatic carbocycles. The van der Waals surface area contributed by atoms with Gasteiger partial charge in [0.05, 0.1) is 22.0 Å². The molecule has 15 heavy (non-hydrogen) atoms. The molecule has 0 bridgehead atoms. The molecule has 2 heterocycles. The minimum absolute atomic E-state index is 0.707. The Labute approximate surface area is 102 Å². The van der Waals surface area contributed by atoms with Crippen LogP contribution < -0.4 is 5.32 Å². The van der Waals surface area contributed by atoms with E-state index in [0.29, 0.717) is 6.54 Å². The predicted octanol–water partition coefficient (Wildman–Crippen LogP) is 1.97. The normalized spacial score (nSPS) is 10.3. The maximum absolute atomic E-state index is 4.42. The molecule has 5 heteroatoms. The summed E-state index contributed by atoms with van der Waals surface area (Å²) in [6.07, 6.45) is 3.83. The van der Waals surface area contributed by atoms with Crippen molar-refractivity contribution in [1.82, 2.24) is 14.8 Å². The van der Waals surface area contributed by atoms with Gasteiger partial charge in [-0.15, -0.1) is 0 Å². The minimum Gasteiger partial charge on any atom is -0.373 e. The smallest absolute Gasteiger partial charge is 0.126 e. The molecule has 0 aliphatic heterocycles. The Morgan fingerprint density at radius 1 is 1.47 bits per heavy atom. The van der Waals surface area contributed by atoms with Crippen LogP contribution in [0, 0.1) is 3.57 Å². The van der Waals surface area contributed by atoms with Gasteiger partial charge < -0.3 is 5.32 Å². The molecule has 0 saturated carbocycles. The molecule has 78 valence electrons. The van der Waals surface area contributed by atoms with Crippen molar-refractivity contribution >= 4 is 28.4 Å². The molecule has 0 aromatic carbocycles. The van der Waals surface area contributed by atoms with Gasteiger partial charge in [0, 0.05) is 13.2 Å². The van der Waals surface area contributed by atoms with E-state index in [4.69, 9.17) is 0 Å². The highest BCUT2D eigenvalue weighted by Crippen LogP contribution is 2.07. The average molecular weight is 314 g/mol. The van der Waals surface area contributed by atoms with Crippen molar-refractivity contribution < 1.29 is 0 Å². The van der Waals surface area contributed by atoms with Crippen molar-refractivity contribution in [3.05, 3.63) is 39.9 Å². The highest BCUT2D eigenvalue weighted by atomic mass is 127. The van der Waals surface area contributed by atoms with Gasteiger partial charge in [-0.3, -0.25) is 4.68 Å². The van der Waals surface area contributed by atoms with Crippen molar-refractivity contribution in [2.75, 3.05) is 12.4 Å². The second kappa shape index (κ2) is 4.61. The number of anilines is 1. The van der Waals surface area contributed by atoms with Gasteiger partial charge in [-0.25, -0.2) is 4.98 Å². The van der Waals surface area contributed by atoms with Crippen molar-refractivity contribution in [1.29, 1.82) is 0 Å². The fourth-order valence-corrected chi connectivity index (χ4v) is 1.74. The van der Waals surface area contributed by atoms with Crippen molar-refractivity contribution in [3.63, 3.8) is 0 Å². The lowest BCUT2D eigenvalue weighted by Crippen LogP contribution is -2.03. The second-order valence-electron chi connectivity index (χ2n) is 3.12. The first kappa shape index (κ1) is 10.4. The first-order chi connectivity index (χ1) is 7.28. The standard InChI is InChI=1S/C10H11IN4/c1-12-10-4-2-3-9(14-10)7-15-6-8(11)5-13-15/h2-6H,7H2,1H3,(H,12,14). The monoisotopic (exact) mass is 314 g/mol. The lowest BCUT2D eigenvalue weighted by molar-refractivity contribution is 0.673. The SMILES string of the molecule is CNc1cccc(Cn2cc(I)cn2)n1. The lowest BCUT2D eigenvalue weighted by atomic mass is 10.3. The highest BCUT2D eigenvalue weighted by Gasteiger charge is 1.99. The first-order valence-corrected chi connectivity index (χ1v) is 5.67. The van der Waals surface area contributed by atoms with Gasteiger partial charge in [-0.2, -0.15) is 5.10 Å². The largest absolute Gasteiger partial charge is 0.373 e. The van der Waals surface area contributed by atoms with E-state index in [0.717, 1.165) is 15.1 Å². The van der Waals surface area contributed by atoms with Crippen molar-refractivity contribution in [2.24, 2.45) is 0 Å². The Balaban J connectivity index is 2.16. The molecule has 2 rings (SSSR count). The molecule has 1 N–H and O–H groups in total. The van der Waals surface area contributed by atoms with Gasteiger partial charge in [0.25, 0.3) is 0 Å². The van der Waals surface area contributed by atoms with E-state index in [1.54, 1.807) is 0 Å². The van der Waals surface area contributed by atoms with Crippen LogP contribution in [0.2, 0.25) is 0 Å². The Morgan fingerprint density at radius 3 is 3.00 bits per heavy atom. The van der Waals surface area contributed by atoms with Crippen LogP contribution in [-0.4, -0.2) is 21.8 Å². The van der Waals surface area contributed by atoms with E-state index in [-0.39, 0.29) is 0 Å². The van der Waals surface area contributed by atoms with E-state index in [1.807, 2.05) is 42.3 Å². The number of pyridine rings is 1. The zero-order chi connectivity index (χ0) is 10.7. The Hall–Kier alpha value is -1.11. The summed E-state index contributed by atoms with van der Waals surface area (Å²) >= 11 is 2.24. The molecule has 4 nitrogen and oxygen atoms in total. The van der Waals surface area contributed by atoms with Crippen molar-refractivity contribution in [2.45, 2.75) is 6.54 Å². The van der Waals surface area contributed by atoms with Gasteiger partial charge in [-0.1, -0.05) is 6.07 Å². The van der Waals surface area contributed by atoms with Crippen LogP contribution in [0.25, 0.3) is 0 Å². The van der Waals surface area contributed by atoms with Gasteiger partial charge in [0.1, 0.15) is 5.82 Å². The number of hydrogen-bond acceptors (Lipinski definition) is 3. The van der Waals surface area contributed by atoms with Crippen LogP contribution in [-0.2, 0) is 6.54 Å². The van der Waals surface area contributed by atoms with Crippen LogP contribution in [0.3, 0.4) is 0 Å². The summed E-state index contributed by atoms with van der Waals surface area (Å²) in [7, 11) is 1.86. The molecule has 0 amide bonds. The molecule has 0 fully saturated rings. The van der Waals surface area contributed by atoms with Crippen LogP contribution >= 0.6 is 22.6 Å². The van der Waals surface area contributed by atoms with Gasteiger partial charge in [-0.05, 0) is 34.7 Å². The third-order valence-corrected chi connectivity index (χ3v) is 2.55. The van der Waals surface area contributed by atoms with E-state index in [1.165, 1.54) is 0 Å². The summed E-state index contributed by atoms with van der Waals surface area (Å²) in [6.45, 7) is 0.707. The molecular weight excluding hydrogens is 303 g/mol. The maximum atomic E-state index is 4.42. The van der Waals surface area contributed by atoms with Crippen LogP contribution in [0.5, 0.6) is 0 Å². The molecule has 0 radical (unpaired) electrons. The number of hydrogen-bond donors (Lipinski definition) is 1. The fraction of sp³-hybridized carbons (Fsp3) is 0.200. The summed E-state index contributed by atoms with van der Waals surface area (Å²) in [5.74, 6) is 0.884. The Morgan fingerprint density at radius 2 is 2.33 bits per heavy atom. The van der Waals surface area contributed by atoms with E-state index in [2.05, 4.69) is 38.0 Å². The van der Waals surface area contributed by atoms with Crippen LogP contribution in [0.15, 0.2) is 30.6 Å². The third-order valence-electron chi connectivity index (χ3n) is 1.99. The summed E-state index contributed by atoms with van der Waals surface area (Å²) in [5, 5.41) is 7.23. The maximum Gasteiger partial charge on any atom is 0.126 e. The van der Waals surface area contributed by atoms with Gasteiger partial charge >= 0.3 is 0 Å². The Bertz CT molecular complexity index is 452. The van der Waals surface area contributed by atoms with Crippen molar-refractivity contribution in [3.8, 4) is 0 Å². The highest BCUT2D eigenvalue weighted by molar-refractivity contribution is 14.1. The molecule has 2 aromatic heterocycles. The van der Waals surface area contributed by atoms with E-state index >= 15 is 0 Å². The molecule has 0 spiro atoms. The summed E-state index contributed by atoms with van der Waals surface area (Å²) in [6, 6.07) is 5.92. The molecule has 0 aliphatic rings. The number of nitrogens with zero attached hydrogens (tertiary/aromatic N) is 3. The molecule has 0 unspecified atom stereocenters. The molecular formula is C10H11IN4. The minimum atomic E-state index is 0.707. The van der Waals surface area contributed by atoms with E-state index < -0.39 is 0 Å². The predicted molar refractivity (Wildman–Crippen MR) is 67.8 cm³/mol. The summed E-state index contributed by atoms with van der Waals surface area (Å²) < 4.78 is 3.01. The topological polar surface area (TPSA) is 42.7 Å².